The van der Waals surface area contributed by atoms with Gasteiger partial charge in [0.15, 0.2) is 0 Å². The second-order valence-electron chi connectivity index (χ2n) is 3.77. The zero-order valence-electron chi connectivity index (χ0n) is 9.11. The van der Waals surface area contributed by atoms with E-state index in [1.165, 1.54) is 6.20 Å². The van der Waals surface area contributed by atoms with E-state index in [-0.39, 0.29) is 5.56 Å². The largest absolute Gasteiger partial charge is 0.478 e. The molecule has 0 spiro atoms. The predicted octanol–water partition coefficient (Wildman–Crippen LogP) is 1.55. The molecule has 0 aliphatic carbocycles. The first-order valence-corrected chi connectivity index (χ1v) is 4.81. The van der Waals surface area contributed by atoms with Crippen molar-refractivity contribution in [3.8, 4) is 0 Å². The van der Waals surface area contributed by atoms with Crippen molar-refractivity contribution in [1.29, 1.82) is 0 Å². The first-order valence-electron chi connectivity index (χ1n) is 4.81. The SMILES string of the molecule is Cc1nc(NCC(C)C)ncc1C(=O)O. The van der Waals surface area contributed by atoms with Crippen LogP contribution < -0.4 is 5.32 Å². The van der Waals surface area contributed by atoms with Crippen LogP contribution in [-0.2, 0) is 0 Å². The van der Waals surface area contributed by atoms with E-state index in [9.17, 15) is 4.79 Å². The molecular weight excluding hydrogens is 194 g/mol. The van der Waals surface area contributed by atoms with Gasteiger partial charge in [-0.2, -0.15) is 0 Å². The number of carboxylic acids is 1. The summed E-state index contributed by atoms with van der Waals surface area (Å²) in [6.45, 7) is 6.58. The maximum atomic E-state index is 10.7. The quantitative estimate of drug-likeness (QED) is 0.786. The third-order valence-electron chi connectivity index (χ3n) is 1.88. The fraction of sp³-hybridized carbons (Fsp3) is 0.500. The van der Waals surface area contributed by atoms with Crippen molar-refractivity contribution in [2.75, 3.05) is 11.9 Å². The number of aromatic carboxylic acids is 1. The molecule has 5 heteroatoms. The van der Waals surface area contributed by atoms with Crippen molar-refractivity contribution in [2.24, 2.45) is 5.92 Å². The smallest absolute Gasteiger partial charge is 0.339 e. The molecule has 1 aromatic heterocycles. The lowest BCUT2D eigenvalue weighted by Gasteiger charge is -2.08. The van der Waals surface area contributed by atoms with E-state index in [2.05, 4.69) is 29.1 Å². The van der Waals surface area contributed by atoms with Crippen LogP contribution in [-0.4, -0.2) is 27.6 Å². The molecule has 0 fully saturated rings. The zero-order valence-corrected chi connectivity index (χ0v) is 9.11. The Morgan fingerprint density at radius 1 is 1.60 bits per heavy atom. The number of carbonyl (C=O) groups is 1. The average Bonchev–Trinajstić information content (AvgIpc) is 2.14. The molecule has 0 radical (unpaired) electrons. The molecule has 0 amide bonds. The van der Waals surface area contributed by atoms with Gasteiger partial charge in [-0.25, -0.2) is 14.8 Å². The number of hydrogen-bond donors (Lipinski definition) is 2. The van der Waals surface area contributed by atoms with E-state index in [1.807, 2.05) is 0 Å². The van der Waals surface area contributed by atoms with E-state index < -0.39 is 5.97 Å². The highest BCUT2D eigenvalue weighted by Gasteiger charge is 2.09. The van der Waals surface area contributed by atoms with Crippen molar-refractivity contribution in [2.45, 2.75) is 20.8 Å². The van der Waals surface area contributed by atoms with Crippen LogP contribution in [0.25, 0.3) is 0 Å². The van der Waals surface area contributed by atoms with Crippen molar-refractivity contribution in [3.63, 3.8) is 0 Å². The van der Waals surface area contributed by atoms with Gasteiger partial charge in [0.1, 0.15) is 0 Å². The van der Waals surface area contributed by atoms with E-state index in [1.54, 1.807) is 6.92 Å². The molecule has 0 saturated heterocycles. The molecule has 1 rings (SSSR count). The molecule has 1 heterocycles. The third-order valence-corrected chi connectivity index (χ3v) is 1.88. The van der Waals surface area contributed by atoms with E-state index in [0.717, 1.165) is 6.54 Å². The number of hydrogen-bond acceptors (Lipinski definition) is 4. The van der Waals surface area contributed by atoms with Crippen LogP contribution in [0.1, 0.15) is 29.9 Å². The van der Waals surface area contributed by atoms with Crippen LogP contribution >= 0.6 is 0 Å². The molecule has 0 atom stereocenters. The normalized spacial score (nSPS) is 10.4. The van der Waals surface area contributed by atoms with Crippen LogP contribution in [0.3, 0.4) is 0 Å². The Balaban J connectivity index is 2.78. The summed E-state index contributed by atoms with van der Waals surface area (Å²) in [6, 6.07) is 0. The van der Waals surface area contributed by atoms with Crippen molar-refractivity contribution in [1.82, 2.24) is 9.97 Å². The van der Waals surface area contributed by atoms with Crippen molar-refractivity contribution in [3.05, 3.63) is 17.5 Å². The molecule has 2 N–H and O–H groups in total. The maximum absolute atomic E-state index is 10.7. The van der Waals surface area contributed by atoms with E-state index >= 15 is 0 Å². The van der Waals surface area contributed by atoms with Gasteiger partial charge in [-0.05, 0) is 12.8 Å². The molecule has 0 aromatic carbocycles. The van der Waals surface area contributed by atoms with Crippen LogP contribution in [0.15, 0.2) is 6.20 Å². The number of aryl methyl sites for hydroxylation is 1. The van der Waals surface area contributed by atoms with Gasteiger partial charge in [-0.1, -0.05) is 13.8 Å². The number of anilines is 1. The van der Waals surface area contributed by atoms with Gasteiger partial charge < -0.3 is 10.4 Å². The molecule has 0 bridgehead atoms. The van der Waals surface area contributed by atoms with E-state index in [4.69, 9.17) is 5.11 Å². The highest BCUT2D eigenvalue weighted by molar-refractivity contribution is 5.88. The summed E-state index contributed by atoms with van der Waals surface area (Å²) in [6.07, 6.45) is 1.33. The Labute approximate surface area is 88.6 Å². The maximum Gasteiger partial charge on any atom is 0.339 e. The minimum absolute atomic E-state index is 0.144. The van der Waals surface area contributed by atoms with Crippen LogP contribution in [0.4, 0.5) is 5.95 Å². The Kier molecular flexibility index (Phi) is 3.60. The Bertz CT molecular complexity index is 364. The Morgan fingerprint density at radius 2 is 2.27 bits per heavy atom. The lowest BCUT2D eigenvalue weighted by atomic mass is 10.2. The molecule has 0 aliphatic rings. The minimum Gasteiger partial charge on any atom is -0.478 e. The highest BCUT2D eigenvalue weighted by Crippen LogP contribution is 2.07. The predicted molar refractivity (Wildman–Crippen MR) is 57.1 cm³/mol. The van der Waals surface area contributed by atoms with Gasteiger partial charge in [0.2, 0.25) is 5.95 Å². The standard InChI is InChI=1S/C10H15N3O2/c1-6(2)4-11-10-12-5-8(9(14)15)7(3)13-10/h5-6H,4H2,1-3H3,(H,14,15)(H,11,12,13). The van der Waals surface area contributed by atoms with Gasteiger partial charge in [0.25, 0.3) is 0 Å². The van der Waals surface area contributed by atoms with Crippen molar-refractivity contribution < 1.29 is 9.90 Å². The number of carboxylic acid groups (broad SMARTS) is 1. The average molecular weight is 209 g/mol. The van der Waals surface area contributed by atoms with E-state index in [0.29, 0.717) is 17.6 Å². The molecule has 0 aliphatic heterocycles. The van der Waals surface area contributed by atoms with Gasteiger partial charge in [0.05, 0.1) is 11.3 Å². The van der Waals surface area contributed by atoms with Crippen LogP contribution in [0.2, 0.25) is 0 Å². The monoisotopic (exact) mass is 209 g/mol. The Hall–Kier alpha value is -1.65. The van der Waals surface area contributed by atoms with Crippen LogP contribution in [0, 0.1) is 12.8 Å². The summed E-state index contributed by atoms with van der Waals surface area (Å²) in [5.74, 6) is -0.0258. The molecule has 15 heavy (non-hydrogen) atoms. The van der Waals surface area contributed by atoms with Gasteiger partial charge >= 0.3 is 5.97 Å². The second-order valence-corrected chi connectivity index (χ2v) is 3.77. The molecule has 1 aromatic rings. The lowest BCUT2D eigenvalue weighted by Crippen LogP contribution is -2.12. The zero-order chi connectivity index (χ0) is 11.4. The topological polar surface area (TPSA) is 75.1 Å². The molecule has 82 valence electrons. The Morgan fingerprint density at radius 3 is 2.73 bits per heavy atom. The number of nitrogens with one attached hydrogen (secondary N) is 1. The fourth-order valence-electron chi connectivity index (χ4n) is 1.06. The lowest BCUT2D eigenvalue weighted by molar-refractivity contribution is 0.0695. The number of rotatable bonds is 4. The molecule has 0 unspecified atom stereocenters. The first kappa shape index (κ1) is 11.4. The summed E-state index contributed by atoms with van der Waals surface area (Å²) in [5.41, 5.74) is 0.619. The molecular formula is C10H15N3O2. The first-order chi connectivity index (χ1) is 7.00. The highest BCUT2D eigenvalue weighted by atomic mass is 16.4. The summed E-state index contributed by atoms with van der Waals surface area (Å²) < 4.78 is 0. The second kappa shape index (κ2) is 4.72. The third kappa shape index (κ3) is 3.19. The molecule has 5 nitrogen and oxygen atoms in total. The summed E-state index contributed by atoms with van der Waals surface area (Å²) in [4.78, 5) is 18.7. The van der Waals surface area contributed by atoms with Gasteiger partial charge in [-0.15, -0.1) is 0 Å². The molecule has 0 saturated carbocycles. The summed E-state index contributed by atoms with van der Waals surface area (Å²) in [7, 11) is 0. The number of nitrogens with zero attached hydrogens (tertiary/aromatic N) is 2. The minimum atomic E-state index is -0.997. The number of aromatic nitrogens is 2. The fourth-order valence-corrected chi connectivity index (χ4v) is 1.06. The summed E-state index contributed by atoms with van der Waals surface area (Å²) in [5, 5.41) is 11.8. The van der Waals surface area contributed by atoms with Crippen LogP contribution in [0.5, 0.6) is 0 Å². The summed E-state index contributed by atoms with van der Waals surface area (Å²) >= 11 is 0. The van der Waals surface area contributed by atoms with Gasteiger partial charge in [-0.3, -0.25) is 0 Å². The van der Waals surface area contributed by atoms with Crippen molar-refractivity contribution >= 4 is 11.9 Å². The van der Waals surface area contributed by atoms with Gasteiger partial charge in [0, 0.05) is 12.7 Å².